The van der Waals surface area contributed by atoms with Crippen LogP contribution in [0.5, 0.6) is 0 Å². The summed E-state index contributed by atoms with van der Waals surface area (Å²) in [6, 6.07) is 1.36. The molecular formula is C16H35N3. The molecule has 0 radical (unpaired) electrons. The average molecular weight is 269 g/mol. The molecule has 0 aliphatic carbocycles. The van der Waals surface area contributed by atoms with Gasteiger partial charge in [-0.2, -0.15) is 0 Å². The zero-order valence-electron chi connectivity index (χ0n) is 13.6. The van der Waals surface area contributed by atoms with E-state index in [1.807, 2.05) is 0 Å². The zero-order chi connectivity index (χ0) is 14.1. The fourth-order valence-corrected chi connectivity index (χ4v) is 3.03. The number of unbranched alkanes of at least 4 members (excludes halogenated alkanes) is 3. The molecule has 2 atom stereocenters. The lowest BCUT2D eigenvalue weighted by atomic mass is 9.97. The Morgan fingerprint density at radius 3 is 2.53 bits per heavy atom. The SMILES string of the molecule is CCCCCCC(NCCC)C1CN(C)CCN1C. The van der Waals surface area contributed by atoms with Gasteiger partial charge < -0.3 is 10.2 Å². The topological polar surface area (TPSA) is 18.5 Å². The highest BCUT2D eigenvalue weighted by molar-refractivity contribution is 4.88. The molecule has 0 saturated carbocycles. The fourth-order valence-electron chi connectivity index (χ4n) is 3.03. The van der Waals surface area contributed by atoms with Crippen LogP contribution in [0.3, 0.4) is 0 Å². The van der Waals surface area contributed by atoms with E-state index in [9.17, 15) is 0 Å². The van der Waals surface area contributed by atoms with Crippen LogP contribution in [-0.4, -0.2) is 62.2 Å². The first-order valence-corrected chi connectivity index (χ1v) is 8.31. The molecule has 0 aromatic heterocycles. The molecule has 0 aromatic rings. The maximum Gasteiger partial charge on any atom is 0.0373 e. The summed E-state index contributed by atoms with van der Waals surface area (Å²) in [7, 11) is 4.55. The van der Waals surface area contributed by atoms with Crippen LogP contribution >= 0.6 is 0 Å². The molecular weight excluding hydrogens is 234 g/mol. The minimum absolute atomic E-state index is 0.671. The molecule has 1 fully saturated rings. The van der Waals surface area contributed by atoms with E-state index >= 15 is 0 Å². The molecule has 0 bridgehead atoms. The zero-order valence-corrected chi connectivity index (χ0v) is 13.6. The van der Waals surface area contributed by atoms with Crippen LogP contribution in [0.15, 0.2) is 0 Å². The Labute approximate surface area is 120 Å². The standard InChI is InChI=1S/C16H35N3/c1-5-7-8-9-10-15(17-11-6-2)16-14-18(3)12-13-19(16)4/h15-17H,5-14H2,1-4H3. The van der Waals surface area contributed by atoms with E-state index < -0.39 is 0 Å². The smallest absolute Gasteiger partial charge is 0.0373 e. The summed E-state index contributed by atoms with van der Waals surface area (Å²) in [6.45, 7) is 9.34. The summed E-state index contributed by atoms with van der Waals surface area (Å²) >= 11 is 0. The van der Waals surface area contributed by atoms with Gasteiger partial charge in [0.25, 0.3) is 0 Å². The highest BCUT2D eigenvalue weighted by Crippen LogP contribution is 2.16. The molecule has 1 rings (SSSR count). The van der Waals surface area contributed by atoms with Crippen molar-refractivity contribution in [3.63, 3.8) is 0 Å². The van der Waals surface area contributed by atoms with E-state index in [1.165, 1.54) is 58.2 Å². The van der Waals surface area contributed by atoms with Crippen LogP contribution in [0.1, 0.15) is 52.4 Å². The molecule has 1 aliphatic heterocycles. The number of nitrogens with zero attached hydrogens (tertiary/aromatic N) is 2. The van der Waals surface area contributed by atoms with Crippen molar-refractivity contribution < 1.29 is 0 Å². The fraction of sp³-hybridized carbons (Fsp3) is 1.00. The van der Waals surface area contributed by atoms with Gasteiger partial charge in [-0.15, -0.1) is 0 Å². The maximum absolute atomic E-state index is 3.80. The van der Waals surface area contributed by atoms with Crippen molar-refractivity contribution in [2.45, 2.75) is 64.5 Å². The third kappa shape index (κ3) is 6.24. The quantitative estimate of drug-likeness (QED) is 0.649. The van der Waals surface area contributed by atoms with E-state index in [-0.39, 0.29) is 0 Å². The molecule has 114 valence electrons. The third-order valence-corrected chi connectivity index (χ3v) is 4.39. The number of hydrogen-bond acceptors (Lipinski definition) is 3. The summed E-state index contributed by atoms with van der Waals surface area (Å²) in [6.07, 6.45) is 8.07. The van der Waals surface area contributed by atoms with Crippen LogP contribution in [0.2, 0.25) is 0 Å². The number of rotatable bonds is 9. The third-order valence-electron chi connectivity index (χ3n) is 4.39. The molecule has 1 N–H and O–H groups in total. The number of piperazine rings is 1. The van der Waals surface area contributed by atoms with E-state index in [2.05, 4.69) is 43.1 Å². The minimum atomic E-state index is 0.671. The lowest BCUT2D eigenvalue weighted by molar-refractivity contribution is 0.0844. The molecule has 0 spiro atoms. The van der Waals surface area contributed by atoms with Crippen LogP contribution in [-0.2, 0) is 0 Å². The summed E-state index contributed by atoms with van der Waals surface area (Å²) in [5, 5.41) is 3.80. The molecule has 1 heterocycles. The lowest BCUT2D eigenvalue weighted by Gasteiger charge is -2.42. The Bertz CT molecular complexity index is 220. The van der Waals surface area contributed by atoms with Crippen molar-refractivity contribution >= 4 is 0 Å². The molecule has 1 saturated heterocycles. The summed E-state index contributed by atoms with van der Waals surface area (Å²) in [4.78, 5) is 5.05. The summed E-state index contributed by atoms with van der Waals surface area (Å²) < 4.78 is 0. The largest absolute Gasteiger partial charge is 0.312 e. The van der Waals surface area contributed by atoms with Gasteiger partial charge in [-0.05, 0) is 33.5 Å². The molecule has 0 amide bonds. The molecule has 3 heteroatoms. The maximum atomic E-state index is 3.80. The van der Waals surface area contributed by atoms with E-state index in [4.69, 9.17) is 0 Å². The predicted molar refractivity (Wildman–Crippen MR) is 84.8 cm³/mol. The Kier molecular flexibility index (Phi) is 8.67. The van der Waals surface area contributed by atoms with E-state index in [1.54, 1.807) is 0 Å². The van der Waals surface area contributed by atoms with Gasteiger partial charge in [0.15, 0.2) is 0 Å². The first kappa shape index (κ1) is 16.9. The average Bonchev–Trinajstić information content (AvgIpc) is 2.41. The van der Waals surface area contributed by atoms with E-state index in [0.29, 0.717) is 12.1 Å². The van der Waals surface area contributed by atoms with Gasteiger partial charge in [-0.3, -0.25) is 4.90 Å². The Hall–Kier alpha value is -0.120. The van der Waals surface area contributed by atoms with Crippen LogP contribution in [0.4, 0.5) is 0 Å². The number of nitrogens with one attached hydrogen (secondary N) is 1. The highest BCUT2D eigenvalue weighted by atomic mass is 15.3. The van der Waals surface area contributed by atoms with E-state index in [0.717, 1.165) is 6.54 Å². The van der Waals surface area contributed by atoms with Gasteiger partial charge in [-0.25, -0.2) is 0 Å². The molecule has 0 aromatic carbocycles. The van der Waals surface area contributed by atoms with Crippen molar-refractivity contribution in [3.05, 3.63) is 0 Å². The van der Waals surface area contributed by atoms with Crippen molar-refractivity contribution in [2.24, 2.45) is 0 Å². The first-order chi connectivity index (χ1) is 9.19. The van der Waals surface area contributed by atoms with Gasteiger partial charge in [0.2, 0.25) is 0 Å². The van der Waals surface area contributed by atoms with Gasteiger partial charge in [-0.1, -0.05) is 39.5 Å². The van der Waals surface area contributed by atoms with Crippen LogP contribution in [0.25, 0.3) is 0 Å². The number of likely N-dealkylation sites (N-methyl/N-ethyl adjacent to an activating group) is 2. The molecule has 3 nitrogen and oxygen atoms in total. The Morgan fingerprint density at radius 1 is 1.05 bits per heavy atom. The molecule has 19 heavy (non-hydrogen) atoms. The highest BCUT2D eigenvalue weighted by Gasteiger charge is 2.28. The monoisotopic (exact) mass is 269 g/mol. The lowest BCUT2D eigenvalue weighted by Crippen LogP contribution is -2.58. The molecule has 2 unspecified atom stereocenters. The van der Waals surface area contributed by atoms with Gasteiger partial charge in [0.05, 0.1) is 0 Å². The number of hydrogen-bond donors (Lipinski definition) is 1. The van der Waals surface area contributed by atoms with Gasteiger partial charge >= 0.3 is 0 Å². The van der Waals surface area contributed by atoms with Crippen LogP contribution in [0, 0.1) is 0 Å². The van der Waals surface area contributed by atoms with Crippen molar-refractivity contribution in [1.82, 2.24) is 15.1 Å². The van der Waals surface area contributed by atoms with Crippen molar-refractivity contribution in [3.8, 4) is 0 Å². The predicted octanol–water partition coefficient (Wildman–Crippen LogP) is 2.57. The normalized spacial score (nSPS) is 23.7. The summed E-state index contributed by atoms with van der Waals surface area (Å²) in [5.41, 5.74) is 0. The molecule has 1 aliphatic rings. The van der Waals surface area contributed by atoms with Gasteiger partial charge in [0, 0.05) is 31.7 Å². The Balaban J connectivity index is 2.45. The first-order valence-electron chi connectivity index (χ1n) is 8.31. The minimum Gasteiger partial charge on any atom is -0.312 e. The Morgan fingerprint density at radius 2 is 1.84 bits per heavy atom. The van der Waals surface area contributed by atoms with Crippen molar-refractivity contribution in [1.29, 1.82) is 0 Å². The van der Waals surface area contributed by atoms with Crippen LogP contribution < -0.4 is 5.32 Å². The second-order valence-corrected chi connectivity index (χ2v) is 6.22. The van der Waals surface area contributed by atoms with Gasteiger partial charge in [0.1, 0.15) is 0 Å². The second-order valence-electron chi connectivity index (χ2n) is 6.22. The van der Waals surface area contributed by atoms with Crippen molar-refractivity contribution in [2.75, 3.05) is 40.3 Å². The second kappa shape index (κ2) is 9.73. The summed E-state index contributed by atoms with van der Waals surface area (Å²) in [5.74, 6) is 0.